The number of hydrogen-bond donors (Lipinski definition) is 0. The molecule has 0 unspecified atom stereocenters. The highest BCUT2D eigenvalue weighted by Gasteiger charge is 2.15. The lowest BCUT2D eigenvalue weighted by Gasteiger charge is -2.08. The molecule has 0 aromatic heterocycles. The van der Waals surface area contributed by atoms with Crippen LogP contribution in [0.15, 0.2) is 29.4 Å². The largest absolute Gasteiger partial charge is 0.392 e. The van der Waals surface area contributed by atoms with Crippen LogP contribution in [0.5, 0.6) is 0 Å². The van der Waals surface area contributed by atoms with Crippen LogP contribution in [0.1, 0.15) is 43.7 Å². The molecule has 2 nitrogen and oxygen atoms in total. The number of aryl methyl sites for hydroxylation is 1. The summed E-state index contributed by atoms with van der Waals surface area (Å²) in [5.41, 5.74) is 3.38. The third-order valence-electron chi connectivity index (χ3n) is 3.11. The van der Waals surface area contributed by atoms with Gasteiger partial charge in [0.2, 0.25) is 0 Å². The average Bonchev–Trinajstić information content (AvgIpc) is 2.80. The van der Waals surface area contributed by atoms with Crippen molar-refractivity contribution >= 4 is 5.71 Å². The fourth-order valence-corrected chi connectivity index (χ4v) is 1.99. The SMILES string of the molecule is C/C(=N\OC1CCCC1)c1ccc(C)cc1. The van der Waals surface area contributed by atoms with E-state index in [1.54, 1.807) is 0 Å². The second-order valence-electron chi connectivity index (χ2n) is 4.55. The van der Waals surface area contributed by atoms with E-state index in [0.29, 0.717) is 6.10 Å². The molecule has 86 valence electrons. The molecule has 0 atom stereocenters. The fraction of sp³-hybridized carbons (Fsp3) is 0.500. The van der Waals surface area contributed by atoms with Gasteiger partial charge in [0.15, 0.2) is 0 Å². The quantitative estimate of drug-likeness (QED) is 0.559. The summed E-state index contributed by atoms with van der Waals surface area (Å²) in [4.78, 5) is 5.54. The number of nitrogens with zero attached hydrogens (tertiary/aromatic N) is 1. The van der Waals surface area contributed by atoms with E-state index in [1.165, 1.54) is 18.4 Å². The highest BCUT2D eigenvalue weighted by atomic mass is 16.6. The lowest BCUT2D eigenvalue weighted by molar-refractivity contribution is 0.0645. The predicted molar refractivity (Wildman–Crippen MR) is 66.7 cm³/mol. The first kappa shape index (κ1) is 11.2. The van der Waals surface area contributed by atoms with E-state index in [0.717, 1.165) is 24.1 Å². The van der Waals surface area contributed by atoms with Crippen molar-refractivity contribution in [3.8, 4) is 0 Å². The Kier molecular flexibility index (Phi) is 3.60. The Hall–Kier alpha value is -1.31. The van der Waals surface area contributed by atoms with Gasteiger partial charge < -0.3 is 4.84 Å². The summed E-state index contributed by atoms with van der Waals surface area (Å²) in [7, 11) is 0. The van der Waals surface area contributed by atoms with Gasteiger partial charge in [0.25, 0.3) is 0 Å². The Balaban J connectivity index is 1.97. The molecule has 0 heterocycles. The second kappa shape index (κ2) is 5.15. The molecule has 0 amide bonds. The molecule has 0 bridgehead atoms. The lowest BCUT2D eigenvalue weighted by atomic mass is 10.1. The molecule has 0 saturated heterocycles. The maximum Gasteiger partial charge on any atom is 0.127 e. The van der Waals surface area contributed by atoms with Gasteiger partial charge in [-0.1, -0.05) is 35.0 Å². The minimum Gasteiger partial charge on any atom is -0.392 e. The van der Waals surface area contributed by atoms with Crippen molar-refractivity contribution in [2.45, 2.75) is 45.6 Å². The molecular weight excluding hydrogens is 198 g/mol. The van der Waals surface area contributed by atoms with Gasteiger partial charge >= 0.3 is 0 Å². The zero-order chi connectivity index (χ0) is 11.4. The average molecular weight is 217 g/mol. The van der Waals surface area contributed by atoms with Crippen molar-refractivity contribution < 1.29 is 4.84 Å². The van der Waals surface area contributed by atoms with Crippen LogP contribution in [0.3, 0.4) is 0 Å². The Morgan fingerprint density at radius 3 is 2.44 bits per heavy atom. The molecule has 1 aromatic carbocycles. The van der Waals surface area contributed by atoms with Crippen molar-refractivity contribution in [3.63, 3.8) is 0 Å². The van der Waals surface area contributed by atoms with Crippen molar-refractivity contribution in [1.82, 2.24) is 0 Å². The Bertz CT molecular complexity index is 361. The first-order chi connectivity index (χ1) is 7.75. The van der Waals surface area contributed by atoms with Crippen molar-refractivity contribution in [1.29, 1.82) is 0 Å². The highest BCUT2D eigenvalue weighted by molar-refractivity contribution is 5.98. The fourth-order valence-electron chi connectivity index (χ4n) is 1.99. The summed E-state index contributed by atoms with van der Waals surface area (Å²) in [5, 5.41) is 4.22. The zero-order valence-corrected chi connectivity index (χ0v) is 10.1. The van der Waals surface area contributed by atoms with Crippen LogP contribution in [-0.2, 0) is 4.84 Å². The minimum atomic E-state index is 0.348. The standard InChI is InChI=1S/C14H19NO/c1-11-7-9-13(10-8-11)12(2)15-16-14-5-3-4-6-14/h7-10,14H,3-6H2,1-2H3/b15-12+. The maximum atomic E-state index is 5.54. The first-order valence-corrected chi connectivity index (χ1v) is 6.03. The van der Waals surface area contributed by atoms with Gasteiger partial charge in [0.1, 0.15) is 6.10 Å². The third kappa shape index (κ3) is 2.84. The Morgan fingerprint density at radius 1 is 1.19 bits per heavy atom. The predicted octanol–water partition coefficient (Wildman–Crippen LogP) is 3.68. The van der Waals surface area contributed by atoms with Gasteiger partial charge in [-0.05, 0) is 45.1 Å². The topological polar surface area (TPSA) is 21.6 Å². The van der Waals surface area contributed by atoms with Gasteiger partial charge in [-0.2, -0.15) is 0 Å². The molecule has 0 spiro atoms. The van der Waals surface area contributed by atoms with Crippen LogP contribution in [-0.4, -0.2) is 11.8 Å². The minimum absolute atomic E-state index is 0.348. The van der Waals surface area contributed by atoms with Crippen LogP contribution in [0.4, 0.5) is 0 Å². The van der Waals surface area contributed by atoms with E-state index < -0.39 is 0 Å². The molecule has 0 radical (unpaired) electrons. The first-order valence-electron chi connectivity index (χ1n) is 6.03. The normalized spacial score (nSPS) is 17.8. The second-order valence-corrected chi connectivity index (χ2v) is 4.55. The van der Waals surface area contributed by atoms with Crippen molar-refractivity contribution in [2.75, 3.05) is 0 Å². The molecule has 0 N–H and O–H groups in total. The van der Waals surface area contributed by atoms with Gasteiger partial charge in [-0.15, -0.1) is 0 Å². The van der Waals surface area contributed by atoms with Crippen LogP contribution >= 0.6 is 0 Å². The van der Waals surface area contributed by atoms with E-state index in [1.807, 2.05) is 6.92 Å². The highest BCUT2D eigenvalue weighted by Crippen LogP contribution is 2.21. The molecule has 1 aromatic rings. The van der Waals surface area contributed by atoms with Crippen LogP contribution < -0.4 is 0 Å². The molecule has 1 saturated carbocycles. The lowest BCUT2D eigenvalue weighted by Crippen LogP contribution is -2.05. The number of oxime groups is 1. The molecule has 1 aliphatic rings. The van der Waals surface area contributed by atoms with Gasteiger partial charge in [0.05, 0.1) is 5.71 Å². The number of rotatable bonds is 3. The monoisotopic (exact) mass is 217 g/mol. The maximum absolute atomic E-state index is 5.54. The Labute approximate surface area is 97.3 Å². The summed E-state index contributed by atoms with van der Waals surface area (Å²) < 4.78 is 0. The Morgan fingerprint density at radius 2 is 1.81 bits per heavy atom. The van der Waals surface area contributed by atoms with E-state index in [-0.39, 0.29) is 0 Å². The molecule has 2 heteroatoms. The molecule has 1 fully saturated rings. The summed E-state index contributed by atoms with van der Waals surface area (Å²) in [6.45, 7) is 4.09. The van der Waals surface area contributed by atoms with Crippen molar-refractivity contribution in [2.24, 2.45) is 5.16 Å². The third-order valence-corrected chi connectivity index (χ3v) is 3.11. The molecule has 1 aliphatic carbocycles. The van der Waals surface area contributed by atoms with Crippen LogP contribution in [0.25, 0.3) is 0 Å². The molecule has 2 rings (SSSR count). The van der Waals surface area contributed by atoms with E-state index in [4.69, 9.17) is 4.84 Å². The van der Waals surface area contributed by atoms with Gasteiger partial charge in [0, 0.05) is 0 Å². The van der Waals surface area contributed by atoms with E-state index >= 15 is 0 Å². The number of hydrogen-bond acceptors (Lipinski definition) is 2. The molecule has 16 heavy (non-hydrogen) atoms. The van der Waals surface area contributed by atoms with Crippen molar-refractivity contribution in [3.05, 3.63) is 35.4 Å². The molecule has 0 aliphatic heterocycles. The van der Waals surface area contributed by atoms with E-state index in [9.17, 15) is 0 Å². The molecular formula is C14H19NO. The van der Waals surface area contributed by atoms with Gasteiger partial charge in [-0.25, -0.2) is 0 Å². The van der Waals surface area contributed by atoms with Crippen LogP contribution in [0, 0.1) is 6.92 Å². The summed E-state index contributed by atoms with van der Waals surface area (Å²) in [5.74, 6) is 0. The zero-order valence-electron chi connectivity index (χ0n) is 10.1. The van der Waals surface area contributed by atoms with Crippen LogP contribution in [0.2, 0.25) is 0 Å². The smallest absolute Gasteiger partial charge is 0.127 e. The summed E-state index contributed by atoms with van der Waals surface area (Å²) >= 11 is 0. The van der Waals surface area contributed by atoms with E-state index in [2.05, 4.69) is 36.3 Å². The van der Waals surface area contributed by atoms with Gasteiger partial charge in [-0.3, -0.25) is 0 Å². The summed E-state index contributed by atoms with van der Waals surface area (Å²) in [6.07, 6.45) is 5.23. The summed E-state index contributed by atoms with van der Waals surface area (Å²) in [6, 6.07) is 8.38. The number of benzene rings is 1.